The number of hydrogen-bond acceptors (Lipinski definition) is 2. The molecule has 0 amide bonds. The van der Waals surface area contributed by atoms with E-state index in [9.17, 15) is 0 Å². The summed E-state index contributed by atoms with van der Waals surface area (Å²) >= 11 is 3.32. The number of hydrogen-bond donors (Lipinski definition) is 0. The zero-order valence-corrected chi connectivity index (χ0v) is 9.77. The predicted octanol–water partition coefficient (Wildman–Crippen LogP) is 2.57. The average Bonchev–Trinajstić information content (AvgIpc) is 2.48. The first-order valence-corrected chi connectivity index (χ1v) is 5.00. The molecule has 2 heterocycles. The van der Waals surface area contributed by atoms with Crippen molar-refractivity contribution < 1.29 is 0 Å². The Morgan fingerprint density at radius 1 is 1.21 bits per heavy atom. The van der Waals surface area contributed by atoms with Crippen molar-refractivity contribution in [3.8, 4) is 0 Å². The van der Waals surface area contributed by atoms with Gasteiger partial charge in [-0.2, -0.15) is 5.10 Å². The van der Waals surface area contributed by atoms with Gasteiger partial charge in [0.25, 0.3) is 0 Å². The van der Waals surface area contributed by atoms with Crippen LogP contribution in [0.4, 0.5) is 0 Å². The van der Waals surface area contributed by atoms with Crippen LogP contribution in [-0.2, 0) is 7.05 Å². The second kappa shape index (κ2) is 5.54. The van der Waals surface area contributed by atoms with E-state index in [0.29, 0.717) is 0 Å². The Bertz CT molecular complexity index is 324. The Hall–Kier alpha value is -1.16. The Morgan fingerprint density at radius 3 is 2.00 bits per heavy atom. The maximum absolute atomic E-state index is 4.08. The first-order valence-electron chi connectivity index (χ1n) is 4.21. The molecule has 0 saturated heterocycles. The van der Waals surface area contributed by atoms with Crippen LogP contribution in [0.1, 0.15) is 5.69 Å². The van der Waals surface area contributed by atoms with Crippen LogP contribution in [0.15, 0.2) is 41.3 Å². The first-order chi connectivity index (χ1) is 6.70. The highest BCUT2D eigenvalue weighted by molar-refractivity contribution is 9.10. The third kappa shape index (κ3) is 3.70. The van der Waals surface area contributed by atoms with Gasteiger partial charge in [0.05, 0.1) is 5.69 Å². The molecule has 0 saturated carbocycles. The molecule has 2 aromatic heterocycles. The van der Waals surface area contributed by atoms with Crippen LogP contribution < -0.4 is 0 Å². The molecule has 0 fully saturated rings. The van der Waals surface area contributed by atoms with E-state index in [1.54, 1.807) is 17.1 Å². The minimum absolute atomic E-state index is 1.02. The topological polar surface area (TPSA) is 30.7 Å². The summed E-state index contributed by atoms with van der Waals surface area (Å²) in [4.78, 5) is 3.78. The van der Waals surface area contributed by atoms with Crippen molar-refractivity contribution in [2.75, 3.05) is 0 Å². The van der Waals surface area contributed by atoms with E-state index >= 15 is 0 Å². The van der Waals surface area contributed by atoms with E-state index in [1.807, 2.05) is 38.2 Å². The molecule has 0 aliphatic rings. The van der Waals surface area contributed by atoms with Gasteiger partial charge in [0, 0.05) is 19.4 Å². The summed E-state index contributed by atoms with van der Waals surface area (Å²) in [6.45, 7) is 1.96. The zero-order valence-electron chi connectivity index (χ0n) is 8.18. The van der Waals surface area contributed by atoms with Crippen molar-refractivity contribution in [1.29, 1.82) is 0 Å². The van der Waals surface area contributed by atoms with E-state index in [-0.39, 0.29) is 0 Å². The predicted molar refractivity (Wildman–Crippen MR) is 59.9 cm³/mol. The summed E-state index contributed by atoms with van der Waals surface area (Å²) in [5.41, 5.74) is 1.04. The Kier molecular flexibility index (Phi) is 4.32. The second-order valence-corrected chi connectivity index (χ2v) is 3.57. The minimum Gasteiger partial charge on any atom is -0.265 e. The van der Waals surface area contributed by atoms with Gasteiger partial charge in [0.1, 0.15) is 4.60 Å². The third-order valence-corrected chi connectivity index (χ3v) is 2.25. The lowest BCUT2D eigenvalue weighted by molar-refractivity contribution is 0.740. The third-order valence-electron chi connectivity index (χ3n) is 1.51. The van der Waals surface area contributed by atoms with E-state index in [2.05, 4.69) is 26.0 Å². The fourth-order valence-corrected chi connectivity index (χ4v) is 1.30. The largest absolute Gasteiger partial charge is 0.265 e. The molecular weight excluding hydrogens is 242 g/mol. The summed E-state index contributed by atoms with van der Waals surface area (Å²) in [5.74, 6) is 0. The molecule has 0 spiro atoms. The quantitative estimate of drug-likeness (QED) is 0.723. The van der Waals surface area contributed by atoms with Gasteiger partial charge in [0.2, 0.25) is 0 Å². The van der Waals surface area contributed by atoms with Gasteiger partial charge in [-0.25, -0.2) is 0 Å². The first kappa shape index (κ1) is 10.9. The maximum atomic E-state index is 4.08. The van der Waals surface area contributed by atoms with Gasteiger partial charge in [-0.3, -0.25) is 9.67 Å². The Balaban J connectivity index is 0.000000146. The second-order valence-electron chi connectivity index (χ2n) is 2.76. The molecule has 0 aromatic carbocycles. The van der Waals surface area contributed by atoms with Gasteiger partial charge in [0.15, 0.2) is 0 Å². The van der Waals surface area contributed by atoms with Gasteiger partial charge in [-0.05, 0) is 41.1 Å². The highest BCUT2D eigenvalue weighted by Crippen LogP contribution is 2.08. The van der Waals surface area contributed by atoms with E-state index in [4.69, 9.17) is 0 Å². The molecule has 74 valence electrons. The van der Waals surface area contributed by atoms with Crippen molar-refractivity contribution in [3.05, 3.63) is 47.0 Å². The molecule has 3 nitrogen and oxygen atoms in total. The number of nitrogens with zero attached hydrogens (tertiary/aromatic N) is 3. The standard InChI is InChI=1S/C5H7BrN2.C5H5N/c1-4-3-5(6)8(2)7-4;1-2-4-6-5-3-1/h3H,1-2H3;1-5H. The Morgan fingerprint density at radius 2 is 1.86 bits per heavy atom. The summed E-state index contributed by atoms with van der Waals surface area (Å²) < 4.78 is 2.81. The summed E-state index contributed by atoms with van der Waals surface area (Å²) in [7, 11) is 1.90. The van der Waals surface area contributed by atoms with E-state index in [0.717, 1.165) is 10.3 Å². The summed E-state index contributed by atoms with van der Waals surface area (Å²) in [5, 5.41) is 4.08. The van der Waals surface area contributed by atoms with Crippen molar-refractivity contribution in [3.63, 3.8) is 0 Å². The zero-order chi connectivity index (χ0) is 10.4. The van der Waals surface area contributed by atoms with Crippen LogP contribution in [0.5, 0.6) is 0 Å². The number of pyridine rings is 1. The lowest BCUT2D eigenvalue weighted by Crippen LogP contribution is -1.88. The van der Waals surface area contributed by atoms with Gasteiger partial charge >= 0.3 is 0 Å². The van der Waals surface area contributed by atoms with Crippen molar-refractivity contribution in [2.24, 2.45) is 7.05 Å². The molecule has 4 heteroatoms. The monoisotopic (exact) mass is 253 g/mol. The van der Waals surface area contributed by atoms with Crippen LogP contribution in [-0.4, -0.2) is 14.8 Å². The van der Waals surface area contributed by atoms with E-state index in [1.165, 1.54) is 0 Å². The SMILES string of the molecule is Cc1cc(Br)n(C)n1.c1ccncc1. The van der Waals surface area contributed by atoms with Gasteiger partial charge in [-0.1, -0.05) is 6.07 Å². The molecule has 0 aliphatic carbocycles. The average molecular weight is 254 g/mol. The molecular formula is C10H12BrN3. The normalized spacial score (nSPS) is 9.07. The van der Waals surface area contributed by atoms with Crippen molar-refractivity contribution >= 4 is 15.9 Å². The van der Waals surface area contributed by atoms with E-state index < -0.39 is 0 Å². The molecule has 2 aromatic rings. The minimum atomic E-state index is 1.02. The molecule has 0 radical (unpaired) electrons. The van der Waals surface area contributed by atoms with Crippen molar-refractivity contribution in [2.45, 2.75) is 6.92 Å². The van der Waals surface area contributed by atoms with Gasteiger partial charge < -0.3 is 0 Å². The fraction of sp³-hybridized carbons (Fsp3) is 0.200. The smallest absolute Gasteiger partial charge is 0.104 e. The highest BCUT2D eigenvalue weighted by atomic mass is 79.9. The van der Waals surface area contributed by atoms with Crippen LogP contribution in [0.3, 0.4) is 0 Å². The molecule has 0 N–H and O–H groups in total. The number of halogens is 1. The highest BCUT2D eigenvalue weighted by Gasteiger charge is 1.93. The molecule has 0 unspecified atom stereocenters. The van der Waals surface area contributed by atoms with Crippen LogP contribution in [0.2, 0.25) is 0 Å². The molecule has 14 heavy (non-hydrogen) atoms. The lowest BCUT2D eigenvalue weighted by Gasteiger charge is -1.85. The number of aromatic nitrogens is 3. The van der Waals surface area contributed by atoms with Crippen molar-refractivity contribution in [1.82, 2.24) is 14.8 Å². The van der Waals surface area contributed by atoms with Crippen LogP contribution >= 0.6 is 15.9 Å². The lowest BCUT2D eigenvalue weighted by atomic mass is 10.5. The number of rotatable bonds is 0. The van der Waals surface area contributed by atoms with Gasteiger partial charge in [-0.15, -0.1) is 0 Å². The molecule has 2 rings (SSSR count). The maximum Gasteiger partial charge on any atom is 0.104 e. The van der Waals surface area contributed by atoms with Crippen LogP contribution in [0, 0.1) is 6.92 Å². The number of aryl methyl sites for hydroxylation is 2. The van der Waals surface area contributed by atoms with Crippen LogP contribution in [0.25, 0.3) is 0 Å². The summed E-state index contributed by atoms with van der Waals surface area (Å²) in [6.07, 6.45) is 3.50. The summed E-state index contributed by atoms with van der Waals surface area (Å²) in [6, 6.07) is 7.69. The fourth-order valence-electron chi connectivity index (χ4n) is 0.892. The molecule has 0 aliphatic heterocycles. The Labute approximate surface area is 91.9 Å². The molecule has 0 bridgehead atoms. The molecule has 0 atom stereocenters.